The topological polar surface area (TPSA) is 17.1 Å². The lowest BCUT2D eigenvalue weighted by molar-refractivity contribution is 0.0955. The van der Waals surface area contributed by atoms with Gasteiger partial charge in [-0.15, -0.1) is 0 Å². The number of halogens is 2. The van der Waals surface area contributed by atoms with Crippen molar-refractivity contribution in [2.75, 3.05) is 0 Å². The van der Waals surface area contributed by atoms with Crippen LogP contribution in [-0.2, 0) is 0 Å². The van der Waals surface area contributed by atoms with Crippen molar-refractivity contribution in [3.05, 3.63) is 34.6 Å². The maximum absolute atomic E-state index is 13.6. The second kappa shape index (κ2) is 6.00. The summed E-state index contributed by atoms with van der Waals surface area (Å²) in [6, 6.07) is 4.54. The van der Waals surface area contributed by atoms with Gasteiger partial charge in [0.25, 0.3) is 0 Å². The van der Waals surface area contributed by atoms with E-state index >= 15 is 0 Å². The predicted octanol–water partition coefficient (Wildman–Crippen LogP) is 4.49. The molecule has 0 atom stereocenters. The lowest BCUT2D eigenvalue weighted by Crippen LogP contribution is -2.09. The molecule has 0 aliphatic rings. The third kappa shape index (κ3) is 3.05. The number of ketones is 1. The molecule has 0 saturated heterocycles. The smallest absolute Gasteiger partial charge is 0.166 e. The van der Waals surface area contributed by atoms with E-state index in [4.69, 9.17) is 11.6 Å². The van der Waals surface area contributed by atoms with Gasteiger partial charge in [-0.25, -0.2) is 4.39 Å². The fraction of sp³-hybridized carbons (Fsp3) is 0.462. The molecule has 0 unspecified atom stereocenters. The van der Waals surface area contributed by atoms with E-state index in [9.17, 15) is 9.18 Å². The zero-order valence-corrected chi connectivity index (χ0v) is 10.4. The summed E-state index contributed by atoms with van der Waals surface area (Å²) in [7, 11) is 0. The molecule has 0 spiro atoms. The third-order valence-electron chi connectivity index (χ3n) is 2.88. The number of hydrogen-bond donors (Lipinski definition) is 0. The van der Waals surface area contributed by atoms with Crippen molar-refractivity contribution >= 4 is 17.4 Å². The Bertz CT molecular complexity index is 372. The lowest BCUT2D eigenvalue weighted by Gasteiger charge is -2.11. The fourth-order valence-electron chi connectivity index (χ4n) is 1.67. The van der Waals surface area contributed by atoms with E-state index in [-0.39, 0.29) is 16.4 Å². The number of Topliss-reactive ketones (excluding diaryl/α,β-unsaturated/α-hetero) is 1. The molecular formula is C13H16ClFO. The number of carbonyl (C=O) groups is 1. The van der Waals surface area contributed by atoms with Gasteiger partial charge in [0.2, 0.25) is 0 Å². The molecule has 0 saturated carbocycles. The number of carbonyl (C=O) groups excluding carboxylic acids is 1. The van der Waals surface area contributed by atoms with Crippen LogP contribution in [-0.4, -0.2) is 5.78 Å². The lowest BCUT2D eigenvalue weighted by atomic mass is 9.94. The van der Waals surface area contributed by atoms with Crippen molar-refractivity contribution in [3.63, 3.8) is 0 Å². The molecule has 16 heavy (non-hydrogen) atoms. The van der Waals surface area contributed by atoms with Crippen LogP contribution in [0.25, 0.3) is 0 Å². The summed E-state index contributed by atoms with van der Waals surface area (Å²) in [6.45, 7) is 4.07. The standard InChI is InChI=1S/C13H16ClFO/c1-3-9(4-2)8-12(16)10-6-5-7-11(14)13(10)15/h5-7,9H,3-4,8H2,1-2H3. The van der Waals surface area contributed by atoms with Gasteiger partial charge in [-0.3, -0.25) is 4.79 Å². The Hall–Kier alpha value is -0.890. The fourth-order valence-corrected chi connectivity index (χ4v) is 1.84. The first kappa shape index (κ1) is 13.2. The van der Waals surface area contributed by atoms with Crippen LogP contribution in [0.5, 0.6) is 0 Å². The molecule has 0 fully saturated rings. The SMILES string of the molecule is CCC(CC)CC(=O)c1cccc(Cl)c1F. The van der Waals surface area contributed by atoms with Crippen LogP contribution >= 0.6 is 11.6 Å². The van der Waals surface area contributed by atoms with E-state index in [0.29, 0.717) is 12.3 Å². The van der Waals surface area contributed by atoms with E-state index < -0.39 is 5.82 Å². The quantitative estimate of drug-likeness (QED) is 0.696. The van der Waals surface area contributed by atoms with Crippen LogP contribution in [0.4, 0.5) is 4.39 Å². The molecule has 1 nitrogen and oxygen atoms in total. The second-order valence-electron chi connectivity index (χ2n) is 3.91. The highest BCUT2D eigenvalue weighted by Crippen LogP contribution is 2.22. The first-order valence-corrected chi connectivity index (χ1v) is 5.95. The second-order valence-corrected chi connectivity index (χ2v) is 4.32. The zero-order chi connectivity index (χ0) is 12.1. The number of rotatable bonds is 5. The van der Waals surface area contributed by atoms with E-state index in [1.54, 1.807) is 6.07 Å². The van der Waals surface area contributed by atoms with Crippen molar-refractivity contribution < 1.29 is 9.18 Å². The van der Waals surface area contributed by atoms with Crippen LogP contribution in [0, 0.1) is 11.7 Å². The molecule has 1 rings (SSSR count). The van der Waals surface area contributed by atoms with Gasteiger partial charge in [0.05, 0.1) is 10.6 Å². The molecule has 0 aliphatic carbocycles. The van der Waals surface area contributed by atoms with Gasteiger partial charge in [-0.05, 0) is 18.1 Å². The summed E-state index contributed by atoms with van der Waals surface area (Å²) in [5.41, 5.74) is 0.111. The molecule has 0 heterocycles. The average Bonchev–Trinajstić information content (AvgIpc) is 2.29. The largest absolute Gasteiger partial charge is 0.294 e. The van der Waals surface area contributed by atoms with Gasteiger partial charge < -0.3 is 0 Å². The first-order valence-electron chi connectivity index (χ1n) is 5.57. The molecule has 0 radical (unpaired) electrons. The van der Waals surface area contributed by atoms with E-state index in [1.807, 2.05) is 13.8 Å². The molecule has 1 aromatic rings. The Morgan fingerprint density at radius 3 is 2.56 bits per heavy atom. The van der Waals surface area contributed by atoms with Gasteiger partial charge >= 0.3 is 0 Å². The summed E-state index contributed by atoms with van der Waals surface area (Å²) < 4.78 is 13.6. The minimum atomic E-state index is -0.597. The average molecular weight is 243 g/mol. The highest BCUT2D eigenvalue weighted by atomic mass is 35.5. The Kier molecular flexibility index (Phi) is 4.94. The highest BCUT2D eigenvalue weighted by molar-refractivity contribution is 6.31. The van der Waals surface area contributed by atoms with E-state index in [1.165, 1.54) is 12.1 Å². The van der Waals surface area contributed by atoms with Crippen LogP contribution in [0.15, 0.2) is 18.2 Å². The summed E-state index contributed by atoms with van der Waals surface area (Å²) in [5, 5.41) is 0.00963. The van der Waals surface area contributed by atoms with Crippen LogP contribution in [0.2, 0.25) is 5.02 Å². The minimum absolute atomic E-state index is 0.00963. The van der Waals surface area contributed by atoms with Crippen LogP contribution in [0.3, 0.4) is 0 Å². The third-order valence-corrected chi connectivity index (χ3v) is 3.17. The van der Waals surface area contributed by atoms with E-state index in [2.05, 4.69) is 0 Å². The van der Waals surface area contributed by atoms with Crippen molar-refractivity contribution in [3.8, 4) is 0 Å². The monoisotopic (exact) mass is 242 g/mol. The first-order chi connectivity index (χ1) is 7.60. The molecule has 0 amide bonds. The zero-order valence-electron chi connectivity index (χ0n) is 9.59. The van der Waals surface area contributed by atoms with Crippen molar-refractivity contribution in [2.24, 2.45) is 5.92 Å². The molecule has 1 aromatic carbocycles. The van der Waals surface area contributed by atoms with Gasteiger partial charge in [-0.2, -0.15) is 0 Å². The summed E-state index contributed by atoms with van der Waals surface area (Å²) >= 11 is 5.63. The predicted molar refractivity (Wildman–Crippen MR) is 64.4 cm³/mol. The molecule has 3 heteroatoms. The van der Waals surface area contributed by atoms with Gasteiger partial charge in [0, 0.05) is 6.42 Å². The molecule has 0 aromatic heterocycles. The summed E-state index contributed by atoms with van der Waals surface area (Å²) in [6.07, 6.45) is 2.26. The normalized spacial score (nSPS) is 10.8. The molecule has 0 N–H and O–H groups in total. The Balaban J connectivity index is 2.84. The summed E-state index contributed by atoms with van der Waals surface area (Å²) in [5.74, 6) is -0.431. The van der Waals surface area contributed by atoms with Gasteiger partial charge in [0.15, 0.2) is 11.6 Å². The maximum Gasteiger partial charge on any atom is 0.166 e. The molecule has 88 valence electrons. The van der Waals surface area contributed by atoms with Crippen molar-refractivity contribution in [2.45, 2.75) is 33.1 Å². The van der Waals surface area contributed by atoms with Crippen LogP contribution < -0.4 is 0 Å². The summed E-state index contributed by atoms with van der Waals surface area (Å²) in [4.78, 5) is 11.8. The highest BCUT2D eigenvalue weighted by Gasteiger charge is 2.17. The van der Waals surface area contributed by atoms with Crippen molar-refractivity contribution in [1.29, 1.82) is 0 Å². The van der Waals surface area contributed by atoms with Gasteiger partial charge in [-0.1, -0.05) is 44.4 Å². The number of hydrogen-bond acceptors (Lipinski definition) is 1. The molecule has 0 aliphatic heterocycles. The molecule has 0 bridgehead atoms. The minimum Gasteiger partial charge on any atom is -0.294 e. The van der Waals surface area contributed by atoms with Crippen LogP contribution in [0.1, 0.15) is 43.5 Å². The van der Waals surface area contributed by atoms with E-state index in [0.717, 1.165) is 12.8 Å². The number of benzene rings is 1. The molecular weight excluding hydrogens is 227 g/mol. The Labute approximate surface area is 101 Å². The Morgan fingerprint density at radius 2 is 2.00 bits per heavy atom. The van der Waals surface area contributed by atoms with Crippen molar-refractivity contribution in [1.82, 2.24) is 0 Å². The Morgan fingerprint density at radius 1 is 1.38 bits per heavy atom. The maximum atomic E-state index is 13.6. The van der Waals surface area contributed by atoms with Gasteiger partial charge in [0.1, 0.15) is 0 Å².